The van der Waals surface area contributed by atoms with Gasteiger partial charge in [0.1, 0.15) is 0 Å². The summed E-state index contributed by atoms with van der Waals surface area (Å²) in [6, 6.07) is 3.81. The third-order valence-corrected chi connectivity index (χ3v) is 2.69. The molecule has 0 spiro atoms. The maximum atomic E-state index is 5.35. The Hall–Kier alpha value is -1.49. The molecule has 0 bridgehead atoms. The summed E-state index contributed by atoms with van der Waals surface area (Å²) in [7, 11) is 3.23. The van der Waals surface area contributed by atoms with Crippen molar-refractivity contribution in [3.8, 4) is 22.8 Å². The van der Waals surface area contributed by atoms with Crippen LogP contribution in [-0.4, -0.2) is 24.2 Å². The van der Waals surface area contributed by atoms with E-state index in [0.717, 1.165) is 15.7 Å². The summed E-state index contributed by atoms with van der Waals surface area (Å²) in [5, 5.41) is 0. The summed E-state index contributed by atoms with van der Waals surface area (Å²) < 4.78 is 11.5. The van der Waals surface area contributed by atoms with E-state index in [4.69, 9.17) is 9.47 Å². The third-order valence-electron chi connectivity index (χ3n) is 2.23. The number of hydrogen-bond acceptors (Lipinski definition) is 3. The summed E-state index contributed by atoms with van der Waals surface area (Å²) in [5.41, 5.74) is 1.79. The lowest BCUT2D eigenvalue weighted by atomic mass is 10.1. The molecule has 2 aromatic rings. The van der Waals surface area contributed by atoms with Gasteiger partial charge in [0.2, 0.25) is 0 Å². The predicted molar refractivity (Wildman–Crippen MR) is 64.8 cm³/mol. The Labute approximate surface area is 102 Å². The zero-order chi connectivity index (χ0) is 11.5. The van der Waals surface area contributed by atoms with Crippen LogP contribution in [0.3, 0.4) is 0 Å². The summed E-state index contributed by atoms with van der Waals surface area (Å²) >= 11 is 3.43. The number of methoxy groups -OCH3 is 2. The van der Waals surface area contributed by atoms with E-state index in [0.29, 0.717) is 11.5 Å². The minimum atomic E-state index is 0.682. The average Bonchev–Trinajstić information content (AvgIpc) is 2.81. The molecule has 0 saturated heterocycles. The van der Waals surface area contributed by atoms with Gasteiger partial charge in [0.05, 0.1) is 32.4 Å². The number of rotatable bonds is 3. The number of imidazole rings is 1. The maximum absolute atomic E-state index is 5.35. The summed E-state index contributed by atoms with van der Waals surface area (Å²) in [6.45, 7) is 0. The fourth-order valence-corrected chi connectivity index (χ4v) is 1.97. The number of nitrogens with zero attached hydrogens (tertiary/aromatic N) is 1. The fraction of sp³-hybridized carbons (Fsp3) is 0.182. The number of benzene rings is 1. The highest BCUT2D eigenvalue weighted by molar-refractivity contribution is 9.10. The van der Waals surface area contributed by atoms with Crippen molar-refractivity contribution in [2.75, 3.05) is 14.2 Å². The molecule has 84 valence electrons. The number of aromatic nitrogens is 2. The van der Waals surface area contributed by atoms with Crippen molar-refractivity contribution in [1.29, 1.82) is 0 Å². The fourth-order valence-electron chi connectivity index (χ4n) is 1.53. The van der Waals surface area contributed by atoms with Crippen LogP contribution in [-0.2, 0) is 0 Å². The molecule has 1 N–H and O–H groups in total. The highest BCUT2D eigenvalue weighted by Gasteiger charge is 2.13. The number of halogens is 1. The van der Waals surface area contributed by atoms with Gasteiger partial charge < -0.3 is 14.5 Å². The van der Waals surface area contributed by atoms with Crippen molar-refractivity contribution in [2.24, 2.45) is 0 Å². The van der Waals surface area contributed by atoms with Crippen molar-refractivity contribution in [1.82, 2.24) is 9.97 Å². The molecule has 1 aromatic heterocycles. The number of ether oxygens (including phenoxy) is 2. The molecule has 4 nitrogen and oxygen atoms in total. The van der Waals surface area contributed by atoms with Crippen LogP contribution in [0.1, 0.15) is 0 Å². The lowest BCUT2D eigenvalue weighted by molar-refractivity contribution is 0.356. The van der Waals surface area contributed by atoms with Crippen molar-refractivity contribution in [3.05, 3.63) is 29.1 Å². The average molecular weight is 283 g/mol. The van der Waals surface area contributed by atoms with Crippen LogP contribution in [0.4, 0.5) is 0 Å². The molecule has 0 aliphatic rings. The van der Waals surface area contributed by atoms with E-state index in [1.807, 2.05) is 12.1 Å². The lowest BCUT2D eigenvalue weighted by Crippen LogP contribution is -1.93. The molecule has 0 saturated carbocycles. The quantitative estimate of drug-likeness (QED) is 0.942. The first-order valence-electron chi connectivity index (χ1n) is 4.66. The minimum absolute atomic E-state index is 0.682. The normalized spacial score (nSPS) is 10.2. The van der Waals surface area contributed by atoms with Crippen LogP contribution in [0.2, 0.25) is 0 Å². The standard InChI is InChI=1S/C11H11BrN2O2/c1-15-10-4-7(12)3-8(11(10)16-2)9-5-13-6-14-9/h3-6H,1-2H3,(H,13,14). The van der Waals surface area contributed by atoms with E-state index in [-0.39, 0.29) is 0 Å². The van der Waals surface area contributed by atoms with Gasteiger partial charge >= 0.3 is 0 Å². The molecule has 0 radical (unpaired) electrons. The van der Waals surface area contributed by atoms with E-state index >= 15 is 0 Å². The second-order valence-electron chi connectivity index (χ2n) is 3.15. The van der Waals surface area contributed by atoms with E-state index in [1.165, 1.54) is 0 Å². The summed E-state index contributed by atoms with van der Waals surface area (Å²) in [6.07, 6.45) is 3.37. The van der Waals surface area contributed by atoms with Gasteiger partial charge in [-0.05, 0) is 12.1 Å². The molecule has 5 heteroatoms. The van der Waals surface area contributed by atoms with Crippen molar-refractivity contribution < 1.29 is 9.47 Å². The molecule has 0 unspecified atom stereocenters. The van der Waals surface area contributed by atoms with Crippen LogP contribution >= 0.6 is 15.9 Å². The van der Waals surface area contributed by atoms with Crippen LogP contribution in [0, 0.1) is 0 Å². The summed E-state index contributed by atoms with van der Waals surface area (Å²) in [4.78, 5) is 7.03. The zero-order valence-electron chi connectivity index (χ0n) is 8.95. The number of hydrogen-bond donors (Lipinski definition) is 1. The second-order valence-corrected chi connectivity index (χ2v) is 4.07. The Morgan fingerprint density at radius 1 is 1.25 bits per heavy atom. The molecule has 0 amide bonds. The Bertz CT molecular complexity index is 483. The highest BCUT2D eigenvalue weighted by atomic mass is 79.9. The molecule has 1 heterocycles. The smallest absolute Gasteiger partial charge is 0.170 e. The molecule has 0 atom stereocenters. The van der Waals surface area contributed by atoms with E-state index in [1.54, 1.807) is 26.7 Å². The molecule has 2 rings (SSSR count). The first-order valence-corrected chi connectivity index (χ1v) is 5.46. The van der Waals surface area contributed by atoms with Crippen molar-refractivity contribution in [3.63, 3.8) is 0 Å². The molecule has 0 aliphatic carbocycles. The molecule has 1 aromatic carbocycles. The van der Waals surface area contributed by atoms with E-state index in [9.17, 15) is 0 Å². The second kappa shape index (κ2) is 4.57. The van der Waals surface area contributed by atoms with E-state index < -0.39 is 0 Å². The Balaban J connectivity index is 2.63. The monoisotopic (exact) mass is 282 g/mol. The van der Waals surface area contributed by atoms with Crippen LogP contribution in [0.5, 0.6) is 11.5 Å². The third kappa shape index (κ3) is 1.90. The molecular formula is C11H11BrN2O2. The number of nitrogens with one attached hydrogen (secondary N) is 1. The van der Waals surface area contributed by atoms with Gasteiger partial charge in [-0.1, -0.05) is 15.9 Å². The lowest BCUT2D eigenvalue weighted by Gasteiger charge is -2.12. The number of H-pyrrole nitrogens is 1. The summed E-state index contributed by atoms with van der Waals surface area (Å²) in [5.74, 6) is 1.37. The minimum Gasteiger partial charge on any atom is -0.493 e. The van der Waals surface area contributed by atoms with Crippen LogP contribution in [0.15, 0.2) is 29.1 Å². The van der Waals surface area contributed by atoms with Gasteiger partial charge in [0.15, 0.2) is 11.5 Å². The predicted octanol–water partition coefficient (Wildman–Crippen LogP) is 2.86. The van der Waals surface area contributed by atoms with Crippen LogP contribution in [0.25, 0.3) is 11.3 Å². The van der Waals surface area contributed by atoms with Gasteiger partial charge in [0, 0.05) is 10.0 Å². The van der Waals surface area contributed by atoms with Crippen LogP contribution < -0.4 is 9.47 Å². The largest absolute Gasteiger partial charge is 0.493 e. The van der Waals surface area contributed by atoms with Crippen molar-refractivity contribution >= 4 is 15.9 Å². The van der Waals surface area contributed by atoms with Crippen molar-refractivity contribution in [2.45, 2.75) is 0 Å². The SMILES string of the molecule is COc1cc(Br)cc(-c2cnc[nH]2)c1OC. The molecular weight excluding hydrogens is 272 g/mol. The van der Waals surface area contributed by atoms with E-state index in [2.05, 4.69) is 25.9 Å². The first-order chi connectivity index (χ1) is 7.76. The maximum Gasteiger partial charge on any atom is 0.170 e. The molecule has 16 heavy (non-hydrogen) atoms. The van der Waals surface area contributed by atoms with Gasteiger partial charge in [-0.25, -0.2) is 4.98 Å². The molecule has 0 fully saturated rings. The Morgan fingerprint density at radius 2 is 2.06 bits per heavy atom. The van der Waals surface area contributed by atoms with Gasteiger partial charge in [-0.3, -0.25) is 0 Å². The first kappa shape index (κ1) is 11.0. The van der Waals surface area contributed by atoms with Gasteiger partial charge in [0.25, 0.3) is 0 Å². The van der Waals surface area contributed by atoms with Gasteiger partial charge in [-0.15, -0.1) is 0 Å². The molecule has 0 aliphatic heterocycles. The van der Waals surface area contributed by atoms with Gasteiger partial charge in [-0.2, -0.15) is 0 Å². The zero-order valence-corrected chi connectivity index (χ0v) is 10.5. The number of aromatic amines is 1. The highest BCUT2D eigenvalue weighted by Crippen LogP contribution is 2.39. The topological polar surface area (TPSA) is 47.1 Å². The Kier molecular flexibility index (Phi) is 3.14. The Morgan fingerprint density at radius 3 is 2.62 bits per heavy atom.